The first-order chi connectivity index (χ1) is 9.62. The second kappa shape index (κ2) is 6.98. The molecule has 0 radical (unpaired) electrons. The summed E-state index contributed by atoms with van der Waals surface area (Å²) in [5, 5.41) is 9.22. The van der Waals surface area contributed by atoms with Gasteiger partial charge in [-0.15, -0.1) is 0 Å². The highest BCUT2D eigenvalue weighted by atomic mass is 16.5. The Morgan fingerprint density at radius 1 is 1.10 bits per heavy atom. The van der Waals surface area contributed by atoms with Gasteiger partial charge in [0.25, 0.3) is 0 Å². The van der Waals surface area contributed by atoms with Crippen LogP contribution in [-0.2, 0) is 6.61 Å². The Morgan fingerprint density at radius 2 is 1.80 bits per heavy atom. The molecule has 1 N–H and O–H groups in total. The fourth-order valence-electron chi connectivity index (χ4n) is 3.17. The van der Waals surface area contributed by atoms with Crippen molar-refractivity contribution >= 4 is 0 Å². The molecule has 1 saturated carbocycles. The van der Waals surface area contributed by atoms with Crippen LogP contribution in [0.5, 0.6) is 11.5 Å². The first-order valence-electron chi connectivity index (χ1n) is 7.65. The SMILES string of the molecule is CCOc1cc(CO)ccc1OC1CC(C)CC(C)C1. The van der Waals surface area contributed by atoms with Gasteiger partial charge < -0.3 is 14.6 Å². The van der Waals surface area contributed by atoms with Gasteiger partial charge in [-0.1, -0.05) is 19.9 Å². The van der Waals surface area contributed by atoms with Crippen molar-refractivity contribution in [3.05, 3.63) is 23.8 Å². The molecule has 0 heterocycles. The van der Waals surface area contributed by atoms with E-state index in [0.29, 0.717) is 6.61 Å². The lowest BCUT2D eigenvalue weighted by Crippen LogP contribution is -2.28. The molecule has 1 aliphatic rings. The van der Waals surface area contributed by atoms with Gasteiger partial charge in [0.2, 0.25) is 0 Å². The summed E-state index contributed by atoms with van der Waals surface area (Å²) in [7, 11) is 0. The van der Waals surface area contributed by atoms with Crippen LogP contribution in [-0.4, -0.2) is 17.8 Å². The number of aliphatic hydroxyl groups is 1. The van der Waals surface area contributed by atoms with Gasteiger partial charge in [0.05, 0.1) is 19.3 Å². The molecule has 0 saturated heterocycles. The van der Waals surface area contributed by atoms with Crippen LogP contribution in [0.4, 0.5) is 0 Å². The molecular weight excluding hydrogens is 252 g/mol. The Morgan fingerprint density at radius 3 is 2.40 bits per heavy atom. The van der Waals surface area contributed by atoms with Gasteiger partial charge in [0.1, 0.15) is 0 Å². The van der Waals surface area contributed by atoms with Crippen LogP contribution in [0, 0.1) is 11.8 Å². The van der Waals surface area contributed by atoms with Crippen molar-refractivity contribution in [2.45, 2.75) is 52.7 Å². The highest BCUT2D eigenvalue weighted by Gasteiger charge is 2.26. The summed E-state index contributed by atoms with van der Waals surface area (Å²) in [6.45, 7) is 7.18. The summed E-state index contributed by atoms with van der Waals surface area (Å²) in [6, 6.07) is 5.68. The van der Waals surface area contributed by atoms with E-state index in [2.05, 4.69) is 13.8 Å². The summed E-state index contributed by atoms with van der Waals surface area (Å²) in [4.78, 5) is 0. The molecule has 1 aliphatic carbocycles. The molecule has 1 aromatic rings. The molecule has 2 unspecified atom stereocenters. The number of ether oxygens (including phenoxy) is 2. The molecule has 112 valence electrons. The molecule has 1 fully saturated rings. The molecule has 1 aromatic carbocycles. The number of benzene rings is 1. The largest absolute Gasteiger partial charge is 0.490 e. The van der Waals surface area contributed by atoms with E-state index < -0.39 is 0 Å². The minimum absolute atomic E-state index is 0.0256. The molecule has 2 rings (SSSR count). The minimum Gasteiger partial charge on any atom is -0.490 e. The summed E-state index contributed by atoms with van der Waals surface area (Å²) in [6.07, 6.45) is 3.78. The lowest BCUT2D eigenvalue weighted by molar-refractivity contribution is 0.0971. The van der Waals surface area contributed by atoms with E-state index in [1.165, 1.54) is 6.42 Å². The van der Waals surface area contributed by atoms with Gasteiger partial charge in [0.15, 0.2) is 11.5 Å². The summed E-state index contributed by atoms with van der Waals surface area (Å²) in [5.41, 5.74) is 0.853. The van der Waals surface area contributed by atoms with Gasteiger partial charge in [-0.3, -0.25) is 0 Å². The summed E-state index contributed by atoms with van der Waals surface area (Å²) in [5.74, 6) is 2.98. The second-order valence-corrected chi connectivity index (χ2v) is 6.03. The van der Waals surface area contributed by atoms with Crippen molar-refractivity contribution in [2.75, 3.05) is 6.61 Å². The average Bonchev–Trinajstić information content (AvgIpc) is 2.40. The molecule has 0 aromatic heterocycles. The molecule has 20 heavy (non-hydrogen) atoms. The van der Waals surface area contributed by atoms with E-state index in [1.54, 1.807) is 0 Å². The van der Waals surface area contributed by atoms with E-state index in [0.717, 1.165) is 41.7 Å². The predicted molar refractivity (Wildman–Crippen MR) is 80.1 cm³/mol. The Hall–Kier alpha value is -1.22. The fourth-order valence-corrected chi connectivity index (χ4v) is 3.17. The van der Waals surface area contributed by atoms with E-state index in [4.69, 9.17) is 9.47 Å². The lowest BCUT2D eigenvalue weighted by atomic mass is 9.82. The van der Waals surface area contributed by atoms with Gasteiger partial charge in [-0.05, 0) is 55.7 Å². The van der Waals surface area contributed by atoms with Crippen molar-refractivity contribution in [3.8, 4) is 11.5 Å². The first-order valence-corrected chi connectivity index (χ1v) is 7.65. The molecule has 2 atom stereocenters. The van der Waals surface area contributed by atoms with Crippen LogP contribution in [0.1, 0.15) is 45.6 Å². The monoisotopic (exact) mass is 278 g/mol. The van der Waals surface area contributed by atoms with E-state index >= 15 is 0 Å². The van der Waals surface area contributed by atoms with Gasteiger partial charge in [-0.2, -0.15) is 0 Å². The highest BCUT2D eigenvalue weighted by Crippen LogP contribution is 2.35. The second-order valence-electron chi connectivity index (χ2n) is 6.03. The van der Waals surface area contributed by atoms with E-state index in [-0.39, 0.29) is 12.7 Å². The third-order valence-electron chi connectivity index (χ3n) is 3.92. The predicted octanol–water partition coefficient (Wildman–Crippen LogP) is 3.78. The third-order valence-corrected chi connectivity index (χ3v) is 3.92. The molecule has 3 heteroatoms. The van der Waals surface area contributed by atoms with Crippen LogP contribution in [0.2, 0.25) is 0 Å². The van der Waals surface area contributed by atoms with Crippen molar-refractivity contribution in [2.24, 2.45) is 11.8 Å². The van der Waals surface area contributed by atoms with Crippen LogP contribution in [0.25, 0.3) is 0 Å². The normalized spacial score (nSPS) is 26.3. The fraction of sp³-hybridized carbons (Fsp3) is 0.647. The molecule has 3 nitrogen and oxygen atoms in total. The quantitative estimate of drug-likeness (QED) is 0.890. The Kier molecular flexibility index (Phi) is 5.30. The maximum Gasteiger partial charge on any atom is 0.161 e. The van der Waals surface area contributed by atoms with Gasteiger partial charge >= 0.3 is 0 Å². The molecule has 0 amide bonds. The first kappa shape index (κ1) is 15.2. The van der Waals surface area contributed by atoms with Crippen LogP contribution in [0.15, 0.2) is 18.2 Å². The molecule has 0 bridgehead atoms. The zero-order valence-electron chi connectivity index (χ0n) is 12.8. The van der Waals surface area contributed by atoms with Crippen LogP contribution >= 0.6 is 0 Å². The highest BCUT2D eigenvalue weighted by molar-refractivity contribution is 5.43. The Labute approximate surface area is 121 Å². The molecule has 0 aliphatic heterocycles. The van der Waals surface area contributed by atoms with Crippen LogP contribution in [0.3, 0.4) is 0 Å². The van der Waals surface area contributed by atoms with Crippen LogP contribution < -0.4 is 9.47 Å². The number of hydrogen-bond donors (Lipinski definition) is 1. The maximum absolute atomic E-state index is 9.22. The minimum atomic E-state index is 0.0256. The van der Waals surface area contributed by atoms with Gasteiger partial charge in [-0.25, -0.2) is 0 Å². The standard InChI is InChI=1S/C17H26O3/c1-4-19-17-10-14(11-18)5-6-16(17)20-15-8-12(2)7-13(3)9-15/h5-6,10,12-13,15,18H,4,7-9,11H2,1-3H3. The van der Waals surface area contributed by atoms with Crippen molar-refractivity contribution in [1.82, 2.24) is 0 Å². The average molecular weight is 278 g/mol. The van der Waals surface area contributed by atoms with Crippen molar-refractivity contribution in [1.29, 1.82) is 0 Å². The van der Waals surface area contributed by atoms with Crippen molar-refractivity contribution in [3.63, 3.8) is 0 Å². The zero-order chi connectivity index (χ0) is 14.5. The van der Waals surface area contributed by atoms with Gasteiger partial charge in [0, 0.05) is 0 Å². The van der Waals surface area contributed by atoms with E-state index in [9.17, 15) is 5.11 Å². The third kappa shape index (κ3) is 3.89. The Bertz CT molecular complexity index is 420. The smallest absolute Gasteiger partial charge is 0.161 e. The number of hydrogen-bond acceptors (Lipinski definition) is 3. The molecular formula is C17H26O3. The summed E-state index contributed by atoms with van der Waals surface area (Å²) >= 11 is 0. The van der Waals surface area contributed by atoms with E-state index in [1.807, 2.05) is 25.1 Å². The topological polar surface area (TPSA) is 38.7 Å². The molecule has 0 spiro atoms. The number of rotatable bonds is 5. The lowest BCUT2D eigenvalue weighted by Gasteiger charge is -2.32. The van der Waals surface area contributed by atoms with Crippen molar-refractivity contribution < 1.29 is 14.6 Å². The Balaban J connectivity index is 2.11. The maximum atomic E-state index is 9.22. The number of aliphatic hydroxyl groups excluding tert-OH is 1. The summed E-state index contributed by atoms with van der Waals surface area (Å²) < 4.78 is 11.8. The zero-order valence-corrected chi connectivity index (χ0v) is 12.8.